The van der Waals surface area contributed by atoms with Crippen LogP contribution >= 0.6 is 11.8 Å². The van der Waals surface area contributed by atoms with E-state index in [1.807, 2.05) is 24.3 Å². The van der Waals surface area contributed by atoms with Gasteiger partial charge < -0.3 is 9.64 Å². The standard InChI is InChI=1S/C18H18N2O3S/c1-13-8-11-20(15-4-2-3-5-16(15)24-13)17(21)12-23-18(22)14-6-9-19-10-7-14/h2-7,9-10,13H,8,11-12H2,1H3/t13-/m0/s1. The highest BCUT2D eigenvalue weighted by Gasteiger charge is 2.24. The van der Waals surface area contributed by atoms with E-state index in [0.29, 0.717) is 17.4 Å². The van der Waals surface area contributed by atoms with Crippen LogP contribution in [0.3, 0.4) is 0 Å². The number of nitrogens with zero attached hydrogens (tertiary/aromatic N) is 2. The molecule has 0 aliphatic carbocycles. The zero-order valence-electron chi connectivity index (χ0n) is 13.3. The van der Waals surface area contributed by atoms with Crippen LogP contribution in [0.4, 0.5) is 5.69 Å². The SMILES string of the molecule is C[C@H]1CCN(C(=O)COC(=O)c2ccncc2)c2ccccc2S1. The van der Waals surface area contributed by atoms with Crippen LogP contribution in [0, 0.1) is 0 Å². The molecular formula is C18H18N2O3S. The molecule has 3 rings (SSSR count). The fourth-order valence-corrected chi connectivity index (χ4v) is 3.64. The number of hydrogen-bond acceptors (Lipinski definition) is 5. The van der Waals surface area contributed by atoms with Gasteiger partial charge in [0.25, 0.3) is 5.91 Å². The second kappa shape index (κ2) is 7.49. The van der Waals surface area contributed by atoms with Crippen molar-refractivity contribution in [1.29, 1.82) is 0 Å². The Hall–Kier alpha value is -2.34. The lowest BCUT2D eigenvalue weighted by atomic mass is 10.2. The number of amides is 1. The van der Waals surface area contributed by atoms with E-state index in [1.165, 1.54) is 12.4 Å². The summed E-state index contributed by atoms with van der Waals surface area (Å²) >= 11 is 1.77. The second-order valence-corrected chi connectivity index (χ2v) is 7.02. The number of benzene rings is 1. The number of para-hydroxylation sites is 1. The van der Waals surface area contributed by atoms with E-state index in [-0.39, 0.29) is 12.5 Å². The van der Waals surface area contributed by atoms with Gasteiger partial charge in [-0.3, -0.25) is 9.78 Å². The number of anilines is 1. The lowest BCUT2D eigenvalue weighted by Gasteiger charge is -2.22. The molecule has 24 heavy (non-hydrogen) atoms. The predicted molar refractivity (Wildman–Crippen MR) is 93.3 cm³/mol. The number of fused-ring (bicyclic) bond motifs is 1. The average Bonchev–Trinajstić information content (AvgIpc) is 2.78. The number of pyridine rings is 1. The number of thioether (sulfide) groups is 1. The third kappa shape index (κ3) is 3.76. The lowest BCUT2D eigenvalue weighted by Crippen LogP contribution is -2.35. The van der Waals surface area contributed by atoms with Crippen LogP contribution in [-0.4, -0.2) is 35.3 Å². The van der Waals surface area contributed by atoms with Gasteiger partial charge in [0.05, 0.1) is 11.3 Å². The van der Waals surface area contributed by atoms with Crippen LogP contribution in [0.2, 0.25) is 0 Å². The van der Waals surface area contributed by atoms with Gasteiger partial charge in [-0.05, 0) is 30.7 Å². The van der Waals surface area contributed by atoms with E-state index in [0.717, 1.165) is 17.0 Å². The fraction of sp³-hybridized carbons (Fsp3) is 0.278. The summed E-state index contributed by atoms with van der Waals surface area (Å²) in [6.45, 7) is 2.50. The molecule has 0 unspecified atom stereocenters. The normalized spacial score (nSPS) is 16.9. The number of carbonyl (C=O) groups is 2. The summed E-state index contributed by atoms with van der Waals surface area (Å²) in [5, 5.41) is 0.434. The van der Waals surface area contributed by atoms with Crippen molar-refractivity contribution in [1.82, 2.24) is 4.98 Å². The molecule has 0 saturated carbocycles. The Bertz CT molecular complexity index is 736. The largest absolute Gasteiger partial charge is 0.452 e. The average molecular weight is 342 g/mol. The molecule has 1 amide bonds. The minimum absolute atomic E-state index is 0.209. The maximum Gasteiger partial charge on any atom is 0.338 e. The highest BCUT2D eigenvalue weighted by atomic mass is 32.2. The summed E-state index contributed by atoms with van der Waals surface area (Å²) in [5.74, 6) is -0.726. The highest BCUT2D eigenvalue weighted by Crippen LogP contribution is 2.37. The Kier molecular flexibility index (Phi) is 5.15. The summed E-state index contributed by atoms with van der Waals surface area (Å²) in [6, 6.07) is 11.0. The summed E-state index contributed by atoms with van der Waals surface area (Å²) in [6.07, 6.45) is 3.92. The first kappa shape index (κ1) is 16.5. The van der Waals surface area contributed by atoms with Gasteiger partial charge in [0.2, 0.25) is 0 Å². The Morgan fingerprint density at radius 2 is 2.00 bits per heavy atom. The van der Waals surface area contributed by atoms with Crippen LogP contribution in [0.15, 0.2) is 53.7 Å². The Balaban J connectivity index is 1.70. The van der Waals surface area contributed by atoms with Crippen LogP contribution in [0.25, 0.3) is 0 Å². The summed E-state index contributed by atoms with van der Waals surface area (Å²) in [5.41, 5.74) is 1.27. The molecule has 0 saturated heterocycles. The van der Waals surface area contributed by atoms with Gasteiger partial charge in [-0.2, -0.15) is 0 Å². The zero-order valence-corrected chi connectivity index (χ0v) is 14.2. The molecule has 124 valence electrons. The van der Waals surface area contributed by atoms with Crippen LogP contribution in [0.1, 0.15) is 23.7 Å². The molecular weight excluding hydrogens is 324 g/mol. The molecule has 6 heteroatoms. The van der Waals surface area contributed by atoms with Crippen molar-refractivity contribution in [3.63, 3.8) is 0 Å². The molecule has 0 fully saturated rings. The third-order valence-electron chi connectivity index (χ3n) is 3.79. The third-order valence-corrected chi connectivity index (χ3v) is 5.02. The van der Waals surface area contributed by atoms with Gasteiger partial charge in [-0.15, -0.1) is 11.8 Å². The van der Waals surface area contributed by atoms with E-state index in [4.69, 9.17) is 4.74 Å². The molecule has 1 atom stereocenters. The highest BCUT2D eigenvalue weighted by molar-refractivity contribution is 8.00. The Morgan fingerprint density at radius 1 is 1.25 bits per heavy atom. The second-order valence-electron chi connectivity index (χ2n) is 5.54. The molecule has 0 bridgehead atoms. The summed E-state index contributed by atoms with van der Waals surface area (Å²) < 4.78 is 5.16. The van der Waals surface area contributed by atoms with Crippen molar-refractivity contribution < 1.29 is 14.3 Å². The van der Waals surface area contributed by atoms with E-state index < -0.39 is 5.97 Å². The molecule has 2 heterocycles. The molecule has 0 N–H and O–H groups in total. The predicted octanol–water partition coefficient (Wildman–Crippen LogP) is 3.16. The minimum atomic E-state index is -0.517. The van der Waals surface area contributed by atoms with Crippen molar-refractivity contribution in [2.75, 3.05) is 18.1 Å². The zero-order chi connectivity index (χ0) is 16.9. The van der Waals surface area contributed by atoms with Gasteiger partial charge in [-0.25, -0.2) is 4.79 Å². The molecule has 0 radical (unpaired) electrons. The van der Waals surface area contributed by atoms with Gasteiger partial charge in [-0.1, -0.05) is 19.1 Å². The van der Waals surface area contributed by atoms with Crippen LogP contribution in [-0.2, 0) is 9.53 Å². The first-order valence-corrected chi connectivity index (χ1v) is 8.66. The number of ether oxygens (including phenoxy) is 1. The van der Waals surface area contributed by atoms with Gasteiger partial charge in [0, 0.05) is 29.1 Å². The van der Waals surface area contributed by atoms with Crippen molar-refractivity contribution in [3.8, 4) is 0 Å². The molecule has 1 aliphatic rings. The van der Waals surface area contributed by atoms with Gasteiger partial charge in [0.1, 0.15) is 0 Å². The number of carbonyl (C=O) groups excluding carboxylic acids is 2. The number of aromatic nitrogens is 1. The van der Waals surface area contributed by atoms with Crippen molar-refractivity contribution in [2.24, 2.45) is 0 Å². The topological polar surface area (TPSA) is 59.5 Å². The van der Waals surface area contributed by atoms with Crippen molar-refractivity contribution in [2.45, 2.75) is 23.5 Å². The van der Waals surface area contributed by atoms with Gasteiger partial charge in [0.15, 0.2) is 6.61 Å². The molecule has 0 spiro atoms. The first-order chi connectivity index (χ1) is 11.6. The molecule has 1 aliphatic heterocycles. The number of rotatable bonds is 3. The lowest BCUT2D eigenvalue weighted by molar-refractivity contribution is -0.121. The number of esters is 1. The van der Waals surface area contributed by atoms with Crippen LogP contribution in [0.5, 0.6) is 0 Å². The molecule has 1 aromatic heterocycles. The fourth-order valence-electron chi connectivity index (χ4n) is 2.52. The van der Waals surface area contributed by atoms with E-state index in [2.05, 4.69) is 11.9 Å². The quantitative estimate of drug-likeness (QED) is 0.802. The maximum atomic E-state index is 12.6. The minimum Gasteiger partial charge on any atom is -0.452 e. The molecule has 5 nitrogen and oxygen atoms in total. The smallest absolute Gasteiger partial charge is 0.338 e. The summed E-state index contributed by atoms with van der Waals surface area (Å²) in [4.78, 5) is 31.2. The number of hydrogen-bond donors (Lipinski definition) is 0. The van der Waals surface area contributed by atoms with E-state index >= 15 is 0 Å². The van der Waals surface area contributed by atoms with Gasteiger partial charge >= 0.3 is 5.97 Å². The first-order valence-electron chi connectivity index (χ1n) is 7.78. The summed E-state index contributed by atoms with van der Waals surface area (Å²) in [7, 11) is 0. The van der Waals surface area contributed by atoms with E-state index in [1.54, 1.807) is 28.8 Å². The van der Waals surface area contributed by atoms with Crippen molar-refractivity contribution >= 4 is 29.3 Å². The van der Waals surface area contributed by atoms with Crippen molar-refractivity contribution in [3.05, 3.63) is 54.4 Å². The molecule has 2 aromatic rings. The Labute approximate surface area is 145 Å². The monoisotopic (exact) mass is 342 g/mol. The van der Waals surface area contributed by atoms with E-state index in [9.17, 15) is 9.59 Å². The Morgan fingerprint density at radius 3 is 2.79 bits per heavy atom. The maximum absolute atomic E-state index is 12.6. The molecule has 1 aromatic carbocycles. The van der Waals surface area contributed by atoms with Crippen LogP contribution < -0.4 is 4.90 Å².